The largest absolute Gasteiger partial charge is 0.506 e. The number of amides is 2. The number of fused-ring (bicyclic) bond motifs is 1. The van der Waals surface area contributed by atoms with Crippen LogP contribution in [0.1, 0.15) is 48.9 Å². The minimum Gasteiger partial charge on any atom is -0.506 e. The quantitative estimate of drug-likeness (QED) is 0.257. The molecule has 38 heavy (non-hydrogen) atoms. The Balaban J connectivity index is 1.09. The second-order valence-corrected chi connectivity index (χ2v) is 11.4. The summed E-state index contributed by atoms with van der Waals surface area (Å²) in [6.45, 7) is 0. The fourth-order valence-corrected chi connectivity index (χ4v) is 7.34. The molecule has 192 valence electrons. The maximum Gasteiger partial charge on any atom is 0.256 e. The molecule has 8 heteroatoms. The first kappa shape index (κ1) is 23.0. The summed E-state index contributed by atoms with van der Waals surface area (Å²) in [6.07, 6.45) is 8.38. The van der Waals surface area contributed by atoms with E-state index in [1.807, 2.05) is 12.1 Å². The number of carbonyl (C=O) groups is 2. The number of carbonyl (C=O) groups excluding carboxylic acids is 2. The SMILES string of the molecule is O=C(Nc1ccccn1)c1ccc2nc(-c3ccc(NC(=O)C45CC6CC(CC(C6)C4)C5)c(O)c3)[nH]c2c1. The topological polar surface area (TPSA) is 120 Å². The Labute approximate surface area is 219 Å². The average Bonchev–Trinajstić information content (AvgIpc) is 3.33. The molecule has 8 rings (SSSR count). The Kier molecular flexibility index (Phi) is 5.25. The smallest absolute Gasteiger partial charge is 0.256 e. The number of hydrogen-bond acceptors (Lipinski definition) is 5. The molecule has 0 saturated heterocycles. The zero-order valence-electron chi connectivity index (χ0n) is 20.9. The van der Waals surface area contributed by atoms with Crippen molar-refractivity contribution >= 4 is 34.4 Å². The lowest BCUT2D eigenvalue weighted by Gasteiger charge is -2.55. The minimum absolute atomic E-state index is 0.0106. The fraction of sp³-hybridized carbons (Fsp3) is 0.333. The molecule has 4 aromatic rings. The lowest BCUT2D eigenvalue weighted by molar-refractivity contribution is -0.140. The van der Waals surface area contributed by atoms with Gasteiger partial charge in [-0.05, 0) is 105 Å². The van der Waals surface area contributed by atoms with E-state index in [0.717, 1.165) is 19.3 Å². The van der Waals surface area contributed by atoms with Crippen molar-refractivity contribution in [2.45, 2.75) is 38.5 Å². The molecule has 0 unspecified atom stereocenters. The van der Waals surface area contributed by atoms with E-state index in [0.29, 0.717) is 57.2 Å². The van der Waals surface area contributed by atoms with Crippen LogP contribution in [0.2, 0.25) is 0 Å². The molecule has 4 N–H and O–H groups in total. The van der Waals surface area contributed by atoms with Crippen LogP contribution in [0.3, 0.4) is 0 Å². The Hall–Kier alpha value is -4.20. The highest BCUT2D eigenvalue weighted by Gasteiger charge is 2.54. The Morgan fingerprint density at radius 2 is 1.68 bits per heavy atom. The van der Waals surface area contributed by atoms with Crippen molar-refractivity contribution in [1.29, 1.82) is 0 Å². The molecule has 4 fully saturated rings. The van der Waals surface area contributed by atoms with Crippen LogP contribution in [0, 0.1) is 23.2 Å². The van der Waals surface area contributed by atoms with Gasteiger partial charge in [0, 0.05) is 17.3 Å². The number of nitrogens with zero attached hydrogens (tertiary/aromatic N) is 2. The molecule has 4 bridgehead atoms. The van der Waals surface area contributed by atoms with Gasteiger partial charge < -0.3 is 20.7 Å². The number of pyridine rings is 1. The van der Waals surface area contributed by atoms with Crippen molar-refractivity contribution in [2.24, 2.45) is 23.2 Å². The Morgan fingerprint density at radius 1 is 0.921 bits per heavy atom. The molecule has 2 amide bonds. The lowest BCUT2D eigenvalue weighted by atomic mass is 9.49. The van der Waals surface area contributed by atoms with Gasteiger partial charge in [-0.25, -0.2) is 9.97 Å². The van der Waals surface area contributed by atoms with Gasteiger partial charge in [0.05, 0.1) is 22.1 Å². The highest BCUT2D eigenvalue weighted by atomic mass is 16.3. The number of H-pyrrole nitrogens is 1. The van der Waals surface area contributed by atoms with Gasteiger partial charge in [0.25, 0.3) is 5.91 Å². The first-order valence-corrected chi connectivity index (χ1v) is 13.3. The number of hydrogen-bond donors (Lipinski definition) is 4. The van der Waals surface area contributed by atoms with E-state index >= 15 is 0 Å². The number of aromatic nitrogens is 3. The molecule has 4 saturated carbocycles. The molecular formula is C30H29N5O3. The third-order valence-corrected chi connectivity index (χ3v) is 8.69. The van der Waals surface area contributed by atoms with Crippen LogP contribution >= 0.6 is 0 Å². The second kappa shape index (κ2) is 8.68. The standard InChI is InChI=1S/C30H29N5O3/c36-25-13-20(4-7-23(25)34-29(38)30-14-17-9-18(15-30)11-19(10-17)16-30)27-32-22-6-5-21(12-24(22)33-27)28(37)35-26-3-1-2-8-31-26/h1-8,12-13,17-19,36H,9-11,14-16H2,(H,32,33)(H,34,38)(H,31,35,37). The van der Waals surface area contributed by atoms with Gasteiger partial charge in [-0.1, -0.05) is 6.07 Å². The maximum atomic E-state index is 13.4. The fourth-order valence-electron chi connectivity index (χ4n) is 7.34. The normalized spacial score (nSPS) is 25.4. The van der Waals surface area contributed by atoms with Crippen LogP contribution in [-0.2, 0) is 4.79 Å². The van der Waals surface area contributed by atoms with Crippen molar-refractivity contribution in [2.75, 3.05) is 10.6 Å². The average molecular weight is 508 g/mol. The zero-order valence-corrected chi connectivity index (χ0v) is 20.9. The van der Waals surface area contributed by atoms with Crippen LogP contribution in [0.5, 0.6) is 5.75 Å². The highest BCUT2D eigenvalue weighted by molar-refractivity contribution is 6.05. The predicted molar refractivity (Wildman–Crippen MR) is 145 cm³/mol. The highest BCUT2D eigenvalue weighted by Crippen LogP contribution is 2.60. The van der Waals surface area contributed by atoms with E-state index in [4.69, 9.17) is 0 Å². The van der Waals surface area contributed by atoms with Gasteiger partial charge in [0.2, 0.25) is 5.91 Å². The van der Waals surface area contributed by atoms with E-state index in [1.165, 1.54) is 19.3 Å². The monoisotopic (exact) mass is 507 g/mol. The molecule has 0 atom stereocenters. The molecule has 2 aromatic heterocycles. The second-order valence-electron chi connectivity index (χ2n) is 11.4. The van der Waals surface area contributed by atoms with Crippen molar-refractivity contribution in [3.63, 3.8) is 0 Å². The number of imidazole rings is 1. The van der Waals surface area contributed by atoms with Gasteiger partial charge in [-0.15, -0.1) is 0 Å². The number of phenolic OH excluding ortho intramolecular Hbond substituents is 1. The van der Waals surface area contributed by atoms with Gasteiger partial charge in [-0.3, -0.25) is 9.59 Å². The van der Waals surface area contributed by atoms with Crippen molar-refractivity contribution in [3.8, 4) is 17.1 Å². The number of aromatic amines is 1. The first-order valence-electron chi connectivity index (χ1n) is 13.3. The number of rotatable bonds is 5. The molecule has 0 radical (unpaired) electrons. The molecule has 0 spiro atoms. The molecule has 8 nitrogen and oxygen atoms in total. The third-order valence-electron chi connectivity index (χ3n) is 8.69. The number of anilines is 2. The van der Waals surface area contributed by atoms with E-state index in [-0.39, 0.29) is 23.0 Å². The third kappa shape index (κ3) is 4.00. The maximum absolute atomic E-state index is 13.4. The zero-order chi connectivity index (χ0) is 25.9. The van der Waals surface area contributed by atoms with Crippen LogP contribution in [0.25, 0.3) is 22.4 Å². The molecule has 2 heterocycles. The summed E-state index contributed by atoms with van der Waals surface area (Å²) < 4.78 is 0. The van der Waals surface area contributed by atoms with Crippen molar-refractivity contribution in [3.05, 3.63) is 66.4 Å². The van der Waals surface area contributed by atoms with E-state index in [1.54, 1.807) is 48.7 Å². The van der Waals surface area contributed by atoms with Crippen molar-refractivity contribution < 1.29 is 14.7 Å². The van der Waals surface area contributed by atoms with Gasteiger partial charge in [0.15, 0.2) is 0 Å². The molecule has 2 aromatic carbocycles. The molecule has 0 aliphatic heterocycles. The van der Waals surface area contributed by atoms with Crippen LogP contribution in [-0.4, -0.2) is 31.9 Å². The Bertz CT molecular complexity index is 1530. The summed E-state index contributed by atoms with van der Waals surface area (Å²) in [5.41, 5.74) is 2.72. The molecule has 4 aliphatic carbocycles. The predicted octanol–water partition coefficient (Wildman–Crippen LogP) is 5.74. The van der Waals surface area contributed by atoms with Crippen LogP contribution in [0.4, 0.5) is 11.5 Å². The van der Waals surface area contributed by atoms with E-state index < -0.39 is 0 Å². The van der Waals surface area contributed by atoms with Gasteiger partial charge >= 0.3 is 0 Å². The first-order chi connectivity index (χ1) is 18.4. The number of nitrogens with one attached hydrogen (secondary N) is 3. The summed E-state index contributed by atoms with van der Waals surface area (Å²) in [4.78, 5) is 38.1. The van der Waals surface area contributed by atoms with Crippen molar-refractivity contribution in [1.82, 2.24) is 15.0 Å². The van der Waals surface area contributed by atoms with Crippen LogP contribution < -0.4 is 10.6 Å². The Morgan fingerprint density at radius 3 is 2.37 bits per heavy atom. The lowest BCUT2D eigenvalue weighted by Crippen LogP contribution is -2.51. The van der Waals surface area contributed by atoms with Gasteiger partial charge in [-0.2, -0.15) is 0 Å². The summed E-state index contributed by atoms with van der Waals surface area (Å²) in [5, 5.41) is 16.6. The van der Waals surface area contributed by atoms with E-state index in [2.05, 4.69) is 25.6 Å². The summed E-state index contributed by atoms with van der Waals surface area (Å²) >= 11 is 0. The summed E-state index contributed by atoms with van der Waals surface area (Å²) in [5.74, 6) is 2.88. The number of benzene rings is 2. The van der Waals surface area contributed by atoms with Crippen LogP contribution in [0.15, 0.2) is 60.8 Å². The number of aromatic hydroxyl groups is 1. The van der Waals surface area contributed by atoms with E-state index in [9.17, 15) is 14.7 Å². The molecule has 4 aliphatic rings. The molecular weight excluding hydrogens is 478 g/mol. The summed E-state index contributed by atoms with van der Waals surface area (Å²) in [6, 6.07) is 15.7. The number of phenols is 1. The summed E-state index contributed by atoms with van der Waals surface area (Å²) in [7, 11) is 0. The minimum atomic E-state index is -0.279. The van der Waals surface area contributed by atoms with Gasteiger partial charge in [0.1, 0.15) is 17.4 Å².